The molecule has 1 aliphatic carbocycles. The highest BCUT2D eigenvalue weighted by Crippen LogP contribution is 2.25. The summed E-state index contributed by atoms with van der Waals surface area (Å²) in [4.78, 5) is 0. The standard InChI is InChI=1S/C9H15N3/c1-6-8-4-7(5-10)2-3-9(8)12-11-6/h7H,2-5,10H2,1H3,(H,11,12). The van der Waals surface area contributed by atoms with E-state index in [-0.39, 0.29) is 0 Å². The van der Waals surface area contributed by atoms with Gasteiger partial charge in [-0.15, -0.1) is 0 Å². The zero-order valence-electron chi connectivity index (χ0n) is 7.43. The first kappa shape index (κ1) is 7.80. The van der Waals surface area contributed by atoms with E-state index in [0.717, 1.165) is 19.4 Å². The minimum atomic E-state index is 0.675. The second-order valence-electron chi connectivity index (χ2n) is 3.62. The monoisotopic (exact) mass is 165 g/mol. The number of hydrogen-bond acceptors (Lipinski definition) is 2. The highest BCUT2D eigenvalue weighted by atomic mass is 15.1. The number of nitrogens with two attached hydrogens (primary N) is 1. The van der Waals surface area contributed by atoms with Gasteiger partial charge in [-0.2, -0.15) is 5.10 Å². The molecule has 1 heterocycles. The van der Waals surface area contributed by atoms with Crippen LogP contribution in [0, 0.1) is 12.8 Å². The van der Waals surface area contributed by atoms with Crippen LogP contribution in [0.25, 0.3) is 0 Å². The molecule has 0 aliphatic heterocycles. The predicted octanol–water partition coefficient (Wildman–Crippen LogP) is 0.782. The maximum absolute atomic E-state index is 5.65. The smallest absolute Gasteiger partial charge is 0.0657 e. The van der Waals surface area contributed by atoms with Gasteiger partial charge in [0.25, 0.3) is 0 Å². The first-order valence-electron chi connectivity index (χ1n) is 4.54. The maximum Gasteiger partial charge on any atom is 0.0657 e. The molecule has 3 heteroatoms. The molecule has 0 spiro atoms. The number of hydrogen-bond donors (Lipinski definition) is 2. The van der Waals surface area contributed by atoms with E-state index in [2.05, 4.69) is 17.1 Å². The Morgan fingerprint density at radius 1 is 1.67 bits per heavy atom. The van der Waals surface area contributed by atoms with E-state index < -0.39 is 0 Å². The summed E-state index contributed by atoms with van der Waals surface area (Å²) >= 11 is 0. The van der Waals surface area contributed by atoms with Gasteiger partial charge < -0.3 is 5.73 Å². The zero-order valence-corrected chi connectivity index (χ0v) is 7.43. The van der Waals surface area contributed by atoms with Crippen molar-refractivity contribution in [2.24, 2.45) is 11.7 Å². The molecule has 2 rings (SSSR count). The average molecular weight is 165 g/mol. The summed E-state index contributed by atoms with van der Waals surface area (Å²) < 4.78 is 0. The molecule has 1 unspecified atom stereocenters. The molecule has 66 valence electrons. The number of rotatable bonds is 1. The zero-order chi connectivity index (χ0) is 8.55. The van der Waals surface area contributed by atoms with Crippen molar-refractivity contribution in [1.82, 2.24) is 10.2 Å². The van der Waals surface area contributed by atoms with Crippen molar-refractivity contribution in [2.45, 2.75) is 26.2 Å². The summed E-state index contributed by atoms with van der Waals surface area (Å²) in [5.41, 5.74) is 9.55. The van der Waals surface area contributed by atoms with E-state index in [4.69, 9.17) is 5.73 Å². The van der Waals surface area contributed by atoms with Gasteiger partial charge in [0.05, 0.1) is 5.69 Å². The molecule has 12 heavy (non-hydrogen) atoms. The van der Waals surface area contributed by atoms with Crippen LogP contribution in [0.4, 0.5) is 0 Å². The van der Waals surface area contributed by atoms with Crippen molar-refractivity contribution in [3.05, 3.63) is 17.0 Å². The van der Waals surface area contributed by atoms with Crippen LogP contribution < -0.4 is 5.73 Å². The highest BCUT2D eigenvalue weighted by Gasteiger charge is 2.20. The Morgan fingerprint density at radius 3 is 3.25 bits per heavy atom. The largest absolute Gasteiger partial charge is 0.330 e. The lowest BCUT2D eigenvalue weighted by Crippen LogP contribution is -2.22. The molecule has 0 aromatic carbocycles. The van der Waals surface area contributed by atoms with Gasteiger partial charge in [0.15, 0.2) is 0 Å². The SMILES string of the molecule is Cc1[nH]nc2c1CC(CN)CC2. The summed E-state index contributed by atoms with van der Waals surface area (Å²) in [6.45, 7) is 2.90. The Hall–Kier alpha value is -0.830. The fourth-order valence-electron chi connectivity index (χ4n) is 1.91. The molecule has 0 saturated carbocycles. The van der Waals surface area contributed by atoms with Gasteiger partial charge in [-0.05, 0) is 44.2 Å². The summed E-state index contributed by atoms with van der Waals surface area (Å²) in [5, 5.41) is 7.29. The van der Waals surface area contributed by atoms with Crippen LogP contribution in [0.3, 0.4) is 0 Å². The number of aryl methyl sites for hydroxylation is 2. The van der Waals surface area contributed by atoms with Crippen LogP contribution in [0.1, 0.15) is 23.4 Å². The molecule has 1 aliphatic rings. The average Bonchev–Trinajstić information content (AvgIpc) is 2.47. The molecule has 3 nitrogen and oxygen atoms in total. The Morgan fingerprint density at radius 2 is 2.50 bits per heavy atom. The summed E-state index contributed by atoms with van der Waals surface area (Å²) in [7, 11) is 0. The van der Waals surface area contributed by atoms with Crippen LogP contribution in [0.15, 0.2) is 0 Å². The third kappa shape index (κ3) is 1.14. The molecule has 0 amide bonds. The number of H-pyrrole nitrogens is 1. The van der Waals surface area contributed by atoms with Crippen molar-refractivity contribution in [3.8, 4) is 0 Å². The molecule has 1 atom stereocenters. The third-order valence-electron chi connectivity index (χ3n) is 2.78. The van der Waals surface area contributed by atoms with Gasteiger partial charge in [-0.25, -0.2) is 0 Å². The second-order valence-corrected chi connectivity index (χ2v) is 3.62. The number of fused-ring (bicyclic) bond motifs is 1. The minimum Gasteiger partial charge on any atom is -0.330 e. The van der Waals surface area contributed by atoms with Gasteiger partial charge in [-0.3, -0.25) is 5.10 Å². The first-order valence-corrected chi connectivity index (χ1v) is 4.54. The van der Waals surface area contributed by atoms with Crippen molar-refractivity contribution in [3.63, 3.8) is 0 Å². The van der Waals surface area contributed by atoms with Crippen molar-refractivity contribution in [1.29, 1.82) is 0 Å². The third-order valence-corrected chi connectivity index (χ3v) is 2.78. The van der Waals surface area contributed by atoms with Crippen LogP contribution >= 0.6 is 0 Å². The second kappa shape index (κ2) is 2.90. The number of nitrogens with zero attached hydrogens (tertiary/aromatic N) is 1. The highest BCUT2D eigenvalue weighted by molar-refractivity contribution is 5.27. The van der Waals surface area contributed by atoms with Crippen LogP contribution in [0.2, 0.25) is 0 Å². The van der Waals surface area contributed by atoms with Gasteiger partial charge in [0, 0.05) is 5.69 Å². The molecule has 3 N–H and O–H groups in total. The van der Waals surface area contributed by atoms with E-state index in [9.17, 15) is 0 Å². The Labute approximate surface area is 72.4 Å². The lowest BCUT2D eigenvalue weighted by molar-refractivity contribution is 0.465. The van der Waals surface area contributed by atoms with Gasteiger partial charge in [0.2, 0.25) is 0 Å². The first-order chi connectivity index (χ1) is 5.81. The Kier molecular flexibility index (Phi) is 1.89. The van der Waals surface area contributed by atoms with E-state index in [0.29, 0.717) is 5.92 Å². The number of nitrogens with one attached hydrogen (secondary N) is 1. The Balaban J connectivity index is 2.26. The van der Waals surface area contributed by atoms with Crippen molar-refractivity contribution in [2.75, 3.05) is 6.54 Å². The summed E-state index contributed by atoms with van der Waals surface area (Å²) in [6, 6.07) is 0. The summed E-state index contributed by atoms with van der Waals surface area (Å²) in [5.74, 6) is 0.675. The van der Waals surface area contributed by atoms with Crippen LogP contribution in [0.5, 0.6) is 0 Å². The fraction of sp³-hybridized carbons (Fsp3) is 0.667. The fourth-order valence-corrected chi connectivity index (χ4v) is 1.91. The van der Waals surface area contributed by atoms with Crippen molar-refractivity contribution >= 4 is 0 Å². The number of aromatic amines is 1. The van der Waals surface area contributed by atoms with E-state index in [1.165, 1.54) is 23.4 Å². The van der Waals surface area contributed by atoms with E-state index >= 15 is 0 Å². The Bertz CT molecular complexity index is 277. The topological polar surface area (TPSA) is 54.7 Å². The molecule has 1 aromatic rings. The van der Waals surface area contributed by atoms with E-state index in [1.807, 2.05) is 0 Å². The minimum absolute atomic E-state index is 0.675. The molecule has 0 radical (unpaired) electrons. The lowest BCUT2D eigenvalue weighted by Gasteiger charge is -2.19. The van der Waals surface area contributed by atoms with Crippen LogP contribution in [-0.2, 0) is 12.8 Å². The molecule has 0 fully saturated rings. The molecule has 0 bridgehead atoms. The number of aromatic nitrogens is 2. The predicted molar refractivity (Wildman–Crippen MR) is 47.9 cm³/mol. The molecular formula is C9H15N3. The molecular weight excluding hydrogens is 150 g/mol. The lowest BCUT2D eigenvalue weighted by atomic mass is 9.87. The molecule has 1 aromatic heterocycles. The van der Waals surface area contributed by atoms with Gasteiger partial charge >= 0.3 is 0 Å². The quantitative estimate of drug-likeness (QED) is 0.646. The summed E-state index contributed by atoms with van der Waals surface area (Å²) in [6.07, 6.45) is 3.42. The maximum atomic E-state index is 5.65. The molecule has 0 saturated heterocycles. The normalized spacial score (nSPS) is 22.3. The van der Waals surface area contributed by atoms with Crippen molar-refractivity contribution < 1.29 is 0 Å². The van der Waals surface area contributed by atoms with Gasteiger partial charge in [0.1, 0.15) is 0 Å². The van der Waals surface area contributed by atoms with Gasteiger partial charge in [-0.1, -0.05) is 0 Å². The van der Waals surface area contributed by atoms with E-state index in [1.54, 1.807) is 0 Å². The van der Waals surface area contributed by atoms with Crippen LogP contribution in [-0.4, -0.2) is 16.7 Å².